The van der Waals surface area contributed by atoms with E-state index in [1.807, 2.05) is 5.38 Å². The fourth-order valence-corrected chi connectivity index (χ4v) is 3.17. The normalized spacial score (nSPS) is 10.3. The minimum Gasteiger partial charge on any atom is -0.489 e. The molecule has 3 aromatic rings. The SMILES string of the molecule is CC(=O)c1ccc(NC(=O)c2cc(COc3ccc([N+](=O)[O-])cc3)cs2)cc1. The number of ether oxygens (including phenoxy) is 1. The lowest BCUT2D eigenvalue weighted by Gasteiger charge is -2.05. The zero-order chi connectivity index (χ0) is 20.1. The molecule has 142 valence electrons. The Hall–Kier alpha value is -3.52. The van der Waals surface area contributed by atoms with E-state index in [-0.39, 0.29) is 24.0 Å². The van der Waals surface area contributed by atoms with Gasteiger partial charge in [0.2, 0.25) is 0 Å². The van der Waals surface area contributed by atoms with Crippen molar-refractivity contribution in [3.63, 3.8) is 0 Å². The molecule has 7 nitrogen and oxygen atoms in total. The number of nitrogens with zero attached hydrogens (tertiary/aromatic N) is 1. The van der Waals surface area contributed by atoms with Gasteiger partial charge >= 0.3 is 0 Å². The third-order valence-corrected chi connectivity index (χ3v) is 4.86. The zero-order valence-electron chi connectivity index (χ0n) is 14.9. The van der Waals surface area contributed by atoms with E-state index in [9.17, 15) is 19.7 Å². The summed E-state index contributed by atoms with van der Waals surface area (Å²) in [5, 5.41) is 15.3. The van der Waals surface area contributed by atoms with Gasteiger partial charge in [0.25, 0.3) is 11.6 Å². The third kappa shape index (κ3) is 4.80. The predicted molar refractivity (Wildman–Crippen MR) is 106 cm³/mol. The highest BCUT2D eigenvalue weighted by Gasteiger charge is 2.11. The number of nitrogens with one attached hydrogen (secondary N) is 1. The molecule has 0 fully saturated rings. The van der Waals surface area contributed by atoms with Crippen molar-refractivity contribution in [2.75, 3.05) is 5.32 Å². The molecule has 1 N–H and O–H groups in total. The quantitative estimate of drug-likeness (QED) is 0.355. The van der Waals surface area contributed by atoms with Crippen LogP contribution in [0.4, 0.5) is 11.4 Å². The predicted octanol–water partition coefficient (Wildman–Crippen LogP) is 4.69. The summed E-state index contributed by atoms with van der Waals surface area (Å²) in [5.74, 6) is 0.226. The number of rotatable bonds is 7. The number of carbonyl (C=O) groups is 2. The van der Waals surface area contributed by atoms with Gasteiger partial charge in [-0.15, -0.1) is 11.3 Å². The van der Waals surface area contributed by atoms with Crippen molar-refractivity contribution in [3.8, 4) is 5.75 Å². The molecule has 1 heterocycles. The Morgan fingerprint density at radius 3 is 2.39 bits per heavy atom. The number of hydrogen-bond acceptors (Lipinski definition) is 6. The maximum atomic E-state index is 12.3. The first-order valence-electron chi connectivity index (χ1n) is 8.29. The number of non-ortho nitro benzene ring substituents is 1. The van der Waals surface area contributed by atoms with Gasteiger partial charge in [0.05, 0.1) is 9.80 Å². The largest absolute Gasteiger partial charge is 0.489 e. The van der Waals surface area contributed by atoms with Gasteiger partial charge in [0.15, 0.2) is 5.78 Å². The van der Waals surface area contributed by atoms with Gasteiger partial charge < -0.3 is 10.1 Å². The second kappa shape index (κ2) is 8.45. The number of amides is 1. The minimum atomic E-state index is -0.471. The summed E-state index contributed by atoms with van der Waals surface area (Å²) in [6, 6.07) is 14.2. The first kappa shape index (κ1) is 19.2. The number of hydrogen-bond donors (Lipinski definition) is 1. The summed E-state index contributed by atoms with van der Waals surface area (Å²) < 4.78 is 5.59. The van der Waals surface area contributed by atoms with Gasteiger partial charge in [-0.3, -0.25) is 19.7 Å². The lowest BCUT2D eigenvalue weighted by Crippen LogP contribution is -2.10. The van der Waals surface area contributed by atoms with Crippen molar-refractivity contribution < 1.29 is 19.2 Å². The van der Waals surface area contributed by atoms with Crippen LogP contribution < -0.4 is 10.1 Å². The summed E-state index contributed by atoms with van der Waals surface area (Å²) >= 11 is 1.29. The highest BCUT2D eigenvalue weighted by atomic mass is 32.1. The maximum Gasteiger partial charge on any atom is 0.269 e. The molecule has 28 heavy (non-hydrogen) atoms. The second-order valence-electron chi connectivity index (χ2n) is 5.95. The molecule has 0 aliphatic rings. The van der Waals surface area contributed by atoms with E-state index in [4.69, 9.17) is 4.74 Å². The topological polar surface area (TPSA) is 98.5 Å². The molecule has 1 aromatic heterocycles. The number of anilines is 1. The Morgan fingerprint density at radius 2 is 1.79 bits per heavy atom. The first-order valence-corrected chi connectivity index (χ1v) is 9.17. The summed E-state index contributed by atoms with van der Waals surface area (Å²) in [7, 11) is 0. The van der Waals surface area contributed by atoms with Crippen LogP contribution in [-0.4, -0.2) is 16.6 Å². The molecule has 1 amide bonds. The van der Waals surface area contributed by atoms with E-state index >= 15 is 0 Å². The number of benzene rings is 2. The standard InChI is InChI=1S/C20H16N2O5S/c1-13(23)15-2-4-16(5-3-15)21-20(24)19-10-14(12-28-19)11-27-18-8-6-17(7-9-18)22(25)26/h2-10,12H,11H2,1H3,(H,21,24). The number of Topliss-reactive ketones (excluding diaryl/α,β-unsaturated/α-hetero) is 1. The molecule has 0 aliphatic heterocycles. The smallest absolute Gasteiger partial charge is 0.269 e. The Labute approximate surface area is 164 Å². The van der Waals surface area contributed by atoms with Gasteiger partial charge in [-0.05, 0) is 54.8 Å². The van der Waals surface area contributed by atoms with E-state index < -0.39 is 4.92 Å². The summed E-state index contributed by atoms with van der Waals surface area (Å²) in [6.07, 6.45) is 0. The van der Waals surface area contributed by atoms with E-state index in [2.05, 4.69) is 5.32 Å². The van der Waals surface area contributed by atoms with Gasteiger partial charge in [0, 0.05) is 28.9 Å². The van der Waals surface area contributed by atoms with Crippen LogP contribution in [0.1, 0.15) is 32.5 Å². The van der Waals surface area contributed by atoms with E-state index in [0.29, 0.717) is 21.9 Å². The Kier molecular flexibility index (Phi) is 5.81. The van der Waals surface area contributed by atoms with Gasteiger partial charge in [-0.2, -0.15) is 0 Å². The third-order valence-electron chi connectivity index (χ3n) is 3.88. The van der Waals surface area contributed by atoms with Crippen LogP contribution in [-0.2, 0) is 6.61 Å². The highest BCUT2D eigenvalue weighted by molar-refractivity contribution is 7.12. The van der Waals surface area contributed by atoms with Crippen LogP contribution in [0.3, 0.4) is 0 Å². The number of nitro groups is 1. The van der Waals surface area contributed by atoms with Crippen molar-refractivity contribution in [1.82, 2.24) is 0 Å². The maximum absolute atomic E-state index is 12.3. The van der Waals surface area contributed by atoms with Gasteiger partial charge in [0.1, 0.15) is 12.4 Å². The number of thiophene rings is 1. The fraction of sp³-hybridized carbons (Fsp3) is 0.100. The molecular weight excluding hydrogens is 380 g/mol. The second-order valence-corrected chi connectivity index (χ2v) is 6.86. The lowest BCUT2D eigenvalue weighted by molar-refractivity contribution is -0.384. The zero-order valence-corrected chi connectivity index (χ0v) is 15.7. The molecule has 2 aromatic carbocycles. The molecule has 0 saturated heterocycles. The van der Waals surface area contributed by atoms with Gasteiger partial charge in [-0.25, -0.2) is 0 Å². The van der Waals surface area contributed by atoms with Crippen molar-refractivity contribution in [2.24, 2.45) is 0 Å². The molecule has 0 unspecified atom stereocenters. The Morgan fingerprint density at radius 1 is 1.11 bits per heavy atom. The van der Waals surface area contributed by atoms with Crippen LogP contribution in [0.15, 0.2) is 60.0 Å². The minimum absolute atomic E-state index is 0.00169. The molecule has 0 bridgehead atoms. The van der Waals surface area contributed by atoms with E-state index in [1.165, 1.54) is 42.5 Å². The van der Waals surface area contributed by atoms with Crippen LogP contribution in [0.2, 0.25) is 0 Å². The summed E-state index contributed by atoms with van der Waals surface area (Å²) in [4.78, 5) is 34.3. The van der Waals surface area contributed by atoms with Gasteiger partial charge in [-0.1, -0.05) is 0 Å². The molecular formula is C20H16N2O5S. The fourth-order valence-electron chi connectivity index (χ4n) is 2.38. The van der Waals surface area contributed by atoms with Crippen molar-refractivity contribution in [3.05, 3.63) is 86.1 Å². The summed E-state index contributed by atoms with van der Waals surface area (Å²) in [5.41, 5.74) is 2.01. The Bertz CT molecular complexity index is 1010. The number of nitro benzene ring substituents is 1. The summed E-state index contributed by atoms with van der Waals surface area (Å²) in [6.45, 7) is 1.73. The molecule has 0 radical (unpaired) electrons. The molecule has 3 rings (SSSR count). The molecule has 0 spiro atoms. The van der Waals surface area contributed by atoms with E-state index in [1.54, 1.807) is 30.3 Å². The van der Waals surface area contributed by atoms with Crippen LogP contribution >= 0.6 is 11.3 Å². The molecule has 8 heteroatoms. The monoisotopic (exact) mass is 396 g/mol. The van der Waals surface area contributed by atoms with Crippen LogP contribution in [0.5, 0.6) is 5.75 Å². The van der Waals surface area contributed by atoms with Crippen molar-refractivity contribution >= 4 is 34.4 Å². The number of ketones is 1. The highest BCUT2D eigenvalue weighted by Crippen LogP contribution is 2.21. The number of carbonyl (C=O) groups excluding carboxylic acids is 2. The first-order chi connectivity index (χ1) is 13.4. The van der Waals surface area contributed by atoms with Crippen LogP contribution in [0.25, 0.3) is 0 Å². The molecule has 0 aliphatic carbocycles. The van der Waals surface area contributed by atoms with Crippen LogP contribution in [0, 0.1) is 10.1 Å². The lowest BCUT2D eigenvalue weighted by atomic mass is 10.1. The van der Waals surface area contributed by atoms with Crippen molar-refractivity contribution in [2.45, 2.75) is 13.5 Å². The van der Waals surface area contributed by atoms with E-state index in [0.717, 1.165) is 5.56 Å². The average Bonchev–Trinajstić information content (AvgIpc) is 3.16. The average molecular weight is 396 g/mol. The molecule has 0 saturated carbocycles. The Balaban J connectivity index is 1.57. The van der Waals surface area contributed by atoms with Crippen molar-refractivity contribution in [1.29, 1.82) is 0 Å². The molecule has 0 atom stereocenters.